The monoisotopic (exact) mass is 294 g/mol. The molecule has 0 aliphatic heterocycles. The summed E-state index contributed by atoms with van der Waals surface area (Å²) < 4.78 is 5.24. The topological polar surface area (TPSA) is 50.7 Å². The van der Waals surface area contributed by atoms with E-state index in [4.69, 9.17) is 0 Å². The van der Waals surface area contributed by atoms with E-state index in [0.29, 0.717) is 6.04 Å². The second-order valence-corrected chi connectivity index (χ2v) is 6.16. The third kappa shape index (κ3) is 3.99. The van der Waals surface area contributed by atoms with Gasteiger partial charge in [-0.25, -0.2) is 9.97 Å². The van der Waals surface area contributed by atoms with Crippen LogP contribution in [0.25, 0.3) is 0 Å². The lowest BCUT2D eigenvalue weighted by molar-refractivity contribution is 0.596. The summed E-state index contributed by atoms with van der Waals surface area (Å²) in [4.78, 5) is 8.84. The SMILES string of the molecule is CCNC(C)c1ccnc(Sc2nc(CC)ns2)c1. The van der Waals surface area contributed by atoms with E-state index < -0.39 is 0 Å². The molecule has 102 valence electrons. The highest BCUT2D eigenvalue weighted by molar-refractivity contribution is 8.00. The van der Waals surface area contributed by atoms with E-state index in [9.17, 15) is 0 Å². The minimum absolute atomic E-state index is 0.341. The summed E-state index contributed by atoms with van der Waals surface area (Å²) in [5.74, 6) is 0.907. The van der Waals surface area contributed by atoms with Gasteiger partial charge in [-0.3, -0.25) is 0 Å². The van der Waals surface area contributed by atoms with Crippen LogP contribution in [0.4, 0.5) is 0 Å². The van der Waals surface area contributed by atoms with Gasteiger partial charge < -0.3 is 5.32 Å². The first-order valence-corrected chi connectivity index (χ1v) is 8.01. The Morgan fingerprint density at radius 1 is 1.42 bits per heavy atom. The van der Waals surface area contributed by atoms with Gasteiger partial charge in [-0.05, 0) is 54.5 Å². The maximum absolute atomic E-state index is 4.45. The molecule has 0 saturated heterocycles. The molecule has 0 saturated carbocycles. The fourth-order valence-electron chi connectivity index (χ4n) is 1.69. The summed E-state index contributed by atoms with van der Waals surface area (Å²) >= 11 is 3.02. The molecule has 19 heavy (non-hydrogen) atoms. The first-order valence-electron chi connectivity index (χ1n) is 6.42. The van der Waals surface area contributed by atoms with E-state index >= 15 is 0 Å². The van der Waals surface area contributed by atoms with E-state index in [2.05, 4.69) is 52.6 Å². The van der Waals surface area contributed by atoms with E-state index in [1.807, 2.05) is 6.20 Å². The van der Waals surface area contributed by atoms with Gasteiger partial charge in [0.15, 0.2) is 4.34 Å². The van der Waals surface area contributed by atoms with E-state index in [1.165, 1.54) is 17.1 Å². The highest BCUT2D eigenvalue weighted by Crippen LogP contribution is 2.28. The summed E-state index contributed by atoms with van der Waals surface area (Å²) in [5.41, 5.74) is 1.25. The molecule has 0 aliphatic carbocycles. The lowest BCUT2D eigenvalue weighted by atomic mass is 10.1. The van der Waals surface area contributed by atoms with Crippen LogP contribution in [-0.4, -0.2) is 20.9 Å². The highest BCUT2D eigenvalue weighted by Gasteiger charge is 2.08. The molecule has 1 atom stereocenters. The maximum Gasteiger partial charge on any atom is 0.176 e. The Labute approximate surface area is 122 Å². The van der Waals surface area contributed by atoms with Gasteiger partial charge in [0.1, 0.15) is 10.9 Å². The minimum Gasteiger partial charge on any atom is -0.310 e. The summed E-state index contributed by atoms with van der Waals surface area (Å²) in [6.45, 7) is 7.30. The second kappa shape index (κ2) is 6.98. The molecular weight excluding hydrogens is 276 g/mol. The summed E-state index contributed by atoms with van der Waals surface area (Å²) in [6, 6.07) is 4.51. The Hall–Kier alpha value is -0.980. The van der Waals surface area contributed by atoms with Crippen molar-refractivity contribution in [1.29, 1.82) is 0 Å². The van der Waals surface area contributed by atoms with Crippen LogP contribution in [-0.2, 0) is 6.42 Å². The largest absolute Gasteiger partial charge is 0.310 e. The van der Waals surface area contributed by atoms with Crippen LogP contribution in [0.1, 0.15) is 38.2 Å². The Kier molecular flexibility index (Phi) is 5.30. The van der Waals surface area contributed by atoms with Crippen molar-refractivity contribution in [2.45, 2.75) is 42.6 Å². The molecule has 0 amide bonds. The lowest BCUT2D eigenvalue weighted by Gasteiger charge is -2.12. The first-order chi connectivity index (χ1) is 9.22. The standard InChI is InChI=1S/C13H18N4S2/c1-4-11-16-13(19-17-11)18-12-8-10(6-7-15-12)9(3)14-5-2/h6-9,14H,4-5H2,1-3H3. The fraction of sp³-hybridized carbons (Fsp3) is 0.462. The molecule has 2 aromatic rings. The zero-order valence-electron chi connectivity index (χ0n) is 11.4. The van der Waals surface area contributed by atoms with Crippen molar-refractivity contribution in [2.24, 2.45) is 0 Å². The van der Waals surface area contributed by atoms with Crippen molar-refractivity contribution in [2.75, 3.05) is 6.54 Å². The minimum atomic E-state index is 0.341. The van der Waals surface area contributed by atoms with E-state index in [0.717, 1.165) is 28.2 Å². The zero-order valence-corrected chi connectivity index (χ0v) is 13.0. The summed E-state index contributed by atoms with van der Waals surface area (Å²) in [5, 5.41) is 4.38. The first kappa shape index (κ1) is 14.4. The van der Waals surface area contributed by atoms with Crippen molar-refractivity contribution in [1.82, 2.24) is 19.7 Å². The van der Waals surface area contributed by atoms with Crippen LogP contribution in [0.5, 0.6) is 0 Å². The summed E-state index contributed by atoms with van der Waals surface area (Å²) in [6.07, 6.45) is 2.73. The third-order valence-corrected chi connectivity index (χ3v) is 4.45. The van der Waals surface area contributed by atoms with E-state index in [1.54, 1.807) is 11.8 Å². The normalized spacial score (nSPS) is 12.6. The molecule has 2 aromatic heterocycles. The molecule has 0 radical (unpaired) electrons. The highest BCUT2D eigenvalue weighted by atomic mass is 32.2. The van der Waals surface area contributed by atoms with Gasteiger partial charge in [-0.1, -0.05) is 13.8 Å². The van der Waals surface area contributed by atoms with Gasteiger partial charge in [-0.15, -0.1) is 0 Å². The number of nitrogens with zero attached hydrogens (tertiary/aromatic N) is 3. The van der Waals surface area contributed by atoms with Gasteiger partial charge in [0.05, 0.1) is 0 Å². The number of aromatic nitrogens is 3. The van der Waals surface area contributed by atoms with Crippen LogP contribution in [0, 0.1) is 0 Å². The Morgan fingerprint density at radius 3 is 2.95 bits per heavy atom. The van der Waals surface area contributed by atoms with Crippen LogP contribution < -0.4 is 5.32 Å². The molecule has 2 heterocycles. The average molecular weight is 294 g/mol. The van der Waals surface area contributed by atoms with Gasteiger partial charge in [0.25, 0.3) is 0 Å². The quantitative estimate of drug-likeness (QED) is 0.885. The molecule has 0 bridgehead atoms. The number of hydrogen-bond acceptors (Lipinski definition) is 6. The maximum atomic E-state index is 4.45. The van der Waals surface area contributed by atoms with Crippen LogP contribution >= 0.6 is 23.3 Å². The zero-order chi connectivity index (χ0) is 13.7. The molecule has 0 aromatic carbocycles. The number of aryl methyl sites for hydroxylation is 1. The predicted octanol–water partition coefficient (Wildman–Crippen LogP) is 3.32. The molecule has 0 aliphatic rings. The van der Waals surface area contributed by atoms with Crippen molar-refractivity contribution < 1.29 is 0 Å². The molecule has 1 N–H and O–H groups in total. The van der Waals surface area contributed by atoms with Crippen LogP contribution in [0.15, 0.2) is 27.7 Å². The smallest absolute Gasteiger partial charge is 0.176 e. The molecule has 6 heteroatoms. The van der Waals surface area contributed by atoms with Gasteiger partial charge in [0.2, 0.25) is 0 Å². The Bertz CT molecular complexity index is 527. The molecule has 0 spiro atoms. The van der Waals surface area contributed by atoms with E-state index in [-0.39, 0.29) is 0 Å². The average Bonchev–Trinajstić information content (AvgIpc) is 2.87. The third-order valence-electron chi connectivity index (χ3n) is 2.73. The van der Waals surface area contributed by atoms with Gasteiger partial charge in [-0.2, -0.15) is 4.37 Å². The Morgan fingerprint density at radius 2 is 2.26 bits per heavy atom. The van der Waals surface area contributed by atoms with Crippen molar-refractivity contribution in [3.05, 3.63) is 29.7 Å². The summed E-state index contributed by atoms with van der Waals surface area (Å²) in [7, 11) is 0. The second-order valence-electron chi connectivity index (χ2n) is 4.14. The Balaban J connectivity index is 2.10. The van der Waals surface area contributed by atoms with Crippen LogP contribution in [0.2, 0.25) is 0 Å². The molecule has 0 fully saturated rings. The van der Waals surface area contributed by atoms with Crippen molar-refractivity contribution >= 4 is 23.3 Å². The molecular formula is C13H18N4S2. The lowest BCUT2D eigenvalue weighted by Crippen LogP contribution is -2.17. The number of rotatable bonds is 6. The van der Waals surface area contributed by atoms with Crippen molar-refractivity contribution in [3.8, 4) is 0 Å². The van der Waals surface area contributed by atoms with Gasteiger partial charge in [0, 0.05) is 18.7 Å². The number of nitrogens with one attached hydrogen (secondary N) is 1. The molecule has 4 nitrogen and oxygen atoms in total. The number of pyridine rings is 1. The van der Waals surface area contributed by atoms with Crippen molar-refractivity contribution in [3.63, 3.8) is 0 Å². The predicted molar refractivity (Wildman–Crippen MR) is 79.7 cm³/mol. The molecule has 2 rings (SSSR count). The fourth-order valence-corrected chi connectivity index (χ4v) is 3.34. The molecule has 1 unspecified atom stereocenters. The van der Waals surface area contributed by atoms with Gasteiger partial charge >= 0.3 is 0 Å². The van der Waals surface area contributed by atoms with Crippen LogP contribution in [0.3, 0.4) is 0 Å². The number of hydrogen-bond donors (Lipinski definition) is 1.